The smallest absolute Gasteiger partial charge is 0.337 e. The highest BCUT2D eigenvalue weighted by Gasteiger charge is 2.29. The summed E-state index contributed by atoms with van der Waals surface area (Å²) in [4.78, 5) is 23.7. The lowest BCUT2D eigenvalue weighted by Gasteiger charge is -2.20. The van der Waals surface area contributed by atoms with Crippen molar-refractivity contribution in [3.8, 4) is 0 Å². The fourth-order valence-corrected chi connectivity index (χ4v) is 2.22. The zero-order valence-electron chi connectivity index (χ0n) is 10.1. The normalized spacial score (nSPS) is 18.6. The molecule has 19 heavy (non-hydrogen) atoms. The molecule has 1 aromatic rings. The first kappa shape index (κ1) is 13.1. The average Bonchev–Trinajstić information content (AvgIpc) is 2.77. The molecule has 1 atom stereocenters. The van der Waals surface area contributed by atoms with Gasteiger partial charge in [0.05, 0.1) is 17.2 Å². The van der Waals surface area contributed by atoms with Crippen molar-refractivity contribution in [2.75, 3.05) is 23.7 Å². The minimum absolute atomic E-state index is 0.126. The number of rotatable bonds is 3. The average molecular weight is 267 g/mol. The molecule has 6 nitrogen and oxygen atoms in total. The highest BCUT2D eigenvalue weighted by Crippen LogP contribution is 2.29. The van der Waals surface area contributed by atoms with Crippen LogP contribution in [0, 0.1) is 11.7 Å². The van der Waals surface area contributed by atoms with Crippen molar-refractivity contribution in [2.45, 2.75) is 6.42 Å². The monoisotopic (exact) mass is 267 g/mol. The number of benzene rings is 1. The topological polar surface area (TPSA) is 110 Å². The van der Waals surface area contributed by atoms with Crippen LogP contribution in [0.3, 0.4) is 0 Å². The van der Waals surface area contributed by atoms with Gasteiger partial charge in [0.15, 0.2) is 0 Å². The first-order chi connectivity index (χ1) is 8.90. The van der Waals surface area contributed by atoms with E-state index in [1.165, 1.54) is 6.07 Å². The number of carbonyl (C=O) groups is 2. The zero-order chi connectivity index (χ0) is 14.2. The molecule has 1 unspecified atom stereocenters. The van der Waals surface area contributed by atoms with Gasteiger partial charge >= 0.3 is 5.97 Å². The summed E-state index contributed by atoms with van der Waals surface area (Å²) in [5.74, 6) is -2.60. The number of amides is 1. The second-order valence-corrected chi connectivity index (χ2v) is 4.53. The van der Waals surface area contributed by atoms with Crippen molar-refractivity contribution in [1.82, 2.24) is 0 Å². The summed E-state index contributed by atoms with van der Waals surface area (Å²) in [6.45, 7) is 0.739. The van der Waals surface area contributed by atoms with Crippen molar-refractivity contribution in [3.05, 3.63) is 23.5 Å². The predicted molar refractivity (Wildman–Crippen MR) is 67.3 cm³/mol. The van der Waals surface area contributed by atoms with E-state index >= 15 is 0 Å². The quantitative estimate of drug-likeness (QED) is 0.687. The lowest BCUT2D eigenvalue weighted by Crippen LogP contribution is -2.27. The van der Waals surface area contributed by atoms with Crippen LogP contribution in [0.4, 0.5) is 15.8 Å². The van der Waals surface area contributed by atoms with E-state index in [9.17, 15) is 14.0 Å². The lowest BCUT2D eigenvalue weighted by atomic mass is 10.1. The number of hydrogen-bond acceptors (Lipinski definition) is 4. The maximum absolute atomic E-state index is 13.8. The molecule has 102 valence electrons. The molecule has 1 heterocycles. The molecule has 0 spiro atoms. The summed E-state index contributed by atoms with van der Waals surface area (Å²) in [5, 5.41) is 8.97. The Bertz CT molecular complexity index is 547. The van der Waals surface area contributed by atoms with E-state index in [0.29, 0.717) is 13.0 Å². The van der Waals surface area contributed by atoms with E-state index in [1.54, 1.807) is 4.90 Å². The molecular weight excluding hydrogens is 253 g/mol. The van der Waals surface area contributed by atoms with Crippen LogP contribution in [-0.2, 0) is 4.79 Å². The van der Waals surface area contributed by atoms with E-state index in [-0.39, 0.29) is 29.4 Å². The van der Waals surface area contributed by atoms with E-state index in [0.717, 1.165) is 6.07 Å². The van der Waals surface area contributed by atoms with Crippen LogP contribution in [0.15, 0.2) is 12.1 Å². The van der Waals surface area contributed by atoms with Gasteiger partial charge < -0.3 is 21.5 Å². The third kappa shape index (κ3) is 2.44. The molecule has 7 heteroatoms. The van der Waals surface area contributed by atoms with Gasteiger partial charge in [0.2, 0.25) is 5.91 Å². The van der Waals surface area contributed by atoms with Gasteiger partial charge in [0.25, 0.3) is 0 Å². The molecular formula is C12H14FN3O3. The van der Waals surface area contributed by atoms with Crippen LogP contribution in [0.5, 0.6) is 0 Å². The largest absolute Gasteiger partial charge is 0.478 e. The Morgan fingerprint density at radius 2 is 2.11 bits per heavy atom. The highest BCUT2D eigenvalue weighted by molar-refractivity contribution is 5.95. The van der Waals surface area contributed by atoms with E-state index in [4.69, 9.17) is 16.6 Å². The second kappa shape index (κ2) is 4.75. The number of hydrogen-bond donors (Lipinski definition) is 3. The van der Waals surface area contributed by atoms with Crippen molar-refractivity contribution in [1.29, 1.82) is 0 Å². The molecule has 1 aromatic carbocycles. The molecule has 0 bridgehead atoms. The van der Waals surface area contributed by atoms with Crippen LogP contribution in [0.1, 0.15) is 16.8 Å². The fraction of sp³-hybridized carbons (Fsp3) is 0.333. The number of nitrogens with two attached hydrogens (primary N) is 2. The van der Waals surface area contributed by atoms with Crippen molar-refractivity contribution >= 4 is 23.3 Å². The maximum Gasteiger partial charge on any atom is 0.337 e. The summed E-state index contributed by atoms with van der Waals surface area (Å²) in [5.41, 5.74) is 10.5. The predicted octanol–water partition coefficient (Wildman–Crippen LogP) is 0.418. The molecule has 0 aliphatic carbocycles. The number of aromatic carboxylic acids is 1. The number of primary amides is 1. The number of halogens is 1. The molecule has 1 aliphatic rings. The van der Waals surface area contributed by atoms with Gasteiger partial charge in [-0.2, -0.15) is 0 Å². The van der Waals surface area contributed by atoms with Crippen LogP contribution in [0.2, 0.25) is 0 Å². The fourth-order valence-electron chi connectivity index (χ4n) is 2.22. The Labute approximate surface area is 108 Å². The summed E-state index contributed by atoms with van der Waals surface area (Å²) >= 11 is 0. The third-order valence-electron chi connectivity index (χ3n) is 3.28. The van der Waals surface area contributed by atoms with Gasteiger partial charge in [0, 0.05) is 18.8 Å². The van der Waals surface area contributed by atoms with Gasteiger partial charge in [-0.15, -0.1) is 0 Å². The van der Waals surface area contributed by atoms with Gasteiger partial charge in [-0.25, -0.2) is 9.18 Å². The molecule has 0 aromatic heterocycles. The minimum Gasteiger partial charge on any atom is -0.478 e. The lowest BCUT2D eigenvalue weighted by molar-refractivity contribution is -0.121. The third-order valence-corrected chi connectivity index (χ3v) is 3.28. The summed E-state index contributed by atoms with van der Waals surface area (Å²) in [6.07, 6.45) is 0.529. The van der Waals surface area contributed by atoms with E-state index in [1.807, 2.05) is 0 Å². The Kier molecular flexibility index (Phi) is 3.28. The SMILES string of the molecule is NC(=O)C1CCN(c2cc(C(=O)O)c(N)cc2F)C1. The zero-order valence-corrected chi connectivity index (χ0v) is 10.1. The van der Waals surface area contributed by atoms with Crippen LogP contribution < -0.4 is 16.4 Å². The number of carbonyl (C=O) groups excluding carboxylic acids is 1. The molecule has 2 rings (SSSR count). The molecule has 1 amide bonds. The van der Waals surface area contributed by atoms with Crippen molar-refractivity contribution in [3.63, 3.8) is 0 Å². The van der Waals surface area contributed by atoms with E-state index in [2.05, 4.69) is 0 Å². The summed E-state index contributed by atoms with van der Waals surface area (Å²) in [7, 11) is 0. The van der Waals surface area contributed by atoms with Gasteiger partial charge in [-0.3, -0.25) is 4.79 Å². The van der Waals surface area contributed by atoms with Gasteiger partial charge in [-0.1, -0.05) is 0 Å². The first-order valence-corrected chi connectivity index (χ1v) is 5.76. The molecule has 1 saturated heterocycles. The summed E-state index contributed by atoms with van der Waals surface area (Å²) < 4.78 is 13.8. The van der Waals surface area contributed by atoms with Crippen LogP contribution in [0.25, 0.3) is 0 Å². The molecule has 5 N–H and O–H groups in total. The van der Waals surface area contributed by atoms with Crippen molar-refractivity contribution in [2.24, 2.45) is 11.7 Å². The number of carboxylic acid groups (broad SMARTS) is 1. The number of nitrogens with zero attached hydrogens (tertiary/aromatic N) is 1. The number of anilines is 2. The molecule has 0 saturated carbocycles. The molecule has 0 radical (unpaired) electrons. The van der Waals surface area contributed by atoms with Gasteiger partial charge in [-0.05, 0) is 18.6 Å². The van der Waals surface area contributed by atoms with Crippen molar-refractivity contribution < 1.29 is 19.1 Å². The van der Waals surface area contributed by atoms with E-state index < -0.39 is 17.7 Å². The minimum atomic E-state index is -1.22. The molecule has 1 fully saturated rings. The highest BCUT2D eigenvalue weighted by atomic mass is 19.1. The van der Waals surface area contributed by atoms with Gasteiger partial charge in [0.1, 0.15) is 5.82 Å². The number of carboxylic acids is 1. The maximum atomic E-state index is 13.8. The van der Waals surface area contributed by atoms with Crippen LogP contribution >= 0.6 is 0 Å². The molecule has 1 aliphatic heterocycles. The second-order valence-electron chi connectivity index (χ2n) is 4.53. The Morgan fingerprint density at radius 3 is 2.63 bits per heavy atom. The number of nitrogen functional groups attached to an aromatic ring is 1. The Balaban J connectivity index is 2.33. The Hall–Kier alpha value is -2.31. The first-order valence-electron chi connectivity index (χ1n) is 5.76. The Morgan fingerprint density at radius 1 is 1.42 bits per heavy atom. The van der Waals surface area contributed by atoms with Crippen LogP contribution in [-0.4, -0.2) is 30.1 Å². The standard InChI is InChI=1S/C12H14FN3O3/c13-8-4-9(14)7(12(18)19)3-10(8)16-2-1-6(5-16)11(15)17/h3-4,6H,1-2,5,14H2,(H2,15,17)(H,18,19). The summed E-state index contributed by atoms with van der Waals surface area (Å²) in [6, 6.07) is 2.17.